The van der Waals surface area contributed by atoms with E-state index in [0.717, 1.165) is 25.2 Å². The lowest BCUT2D eigenvalue weighted by Gasteiger charge is -2.44. The minimum atomic E-state index is 0. The van der Waals surface area contributed by atoms with Crippen LogP contribution in [-0.4, -0.2) is 25.2 Å². The number of hydrogen-bond donors (Lipinski definition) is 1. The molecule has 0 aliphatic carbocycles. The minimum absolute atomic E-state index is 0. The number of benzene rings is 1. The summed E-state index contributed by atoms with van der Waals surface area (Å²) in [4.78, 5) is 2.39. The highest BCUT2D eigenvalue weighted by molar-refractivity contribution is 5.85. The Morgan fingerprint density at radius 1 is 1.29 bits per heavy atom. The molecule has 0 bridgehead atoms. The van der Waals surface area contributed by atoms with Crippen molar-refractivity contribution in [2.45, 2.75) is 19.4 Å². The second-order valence-electron chi connectivity index (χ2n) is 4.80. The summed E-state index contributed by atoms with van der Waals surface area (Å²) in [7, 11) is 0. The molecule has 1 fully saturated rings. The van der Waals surface area contributed by atoms with E-state index >= 15 is 0 Å². The Morgan fingerprint density at radius 2 is 1.94 bits per heavy atom. The van der Waals surface area contributed by atoms with Crippen LogP contribution in [0.3, 0.4) is 0 Å². The van der Waals surface area contributed by atoms with E-state index in [9.17, 15) is 0 Å². The predicted molar refractivity (Wildman–Crippen MR) is 72.7 cm³/mol. The summed E-state index contributed by atoms with van der Waals surface area (Å²) >= 11 is 0. The predicted octanol–water partition coefficient (Wildman–Crippen LogP) is 2.17. The maximum absolute atomic E-state index is 8.77. The molecule has 1 aliphatic rings. The Hall–Kier alpha value is -1.24. The van der Waals surface area contributed by atoms with Crippen molar-refractivity contribution < 1.29 is 0 Å². The third-order valence-electron chi connectivity index (χ3n) is 3.11. The largest absolute Gasteiger partial charge is 0.364 e. The average Bonchev–Trinajstić information content (AvgIpc) is 2.29. The lowest BCUT2D eigenvalue weighted by atomic mass is 9.99. The van der Waals surface area contributed by atoms with Gasteiger partial charge in [-0.3, -0.25) is 0 Å². The van der Waals surface area contributed by atoms with Crippen LogP contribution < -0.4 is 10.2 Å². The lowest BCUT2D eigenvalue weighted by molar-refractivity contribution is 0.380. The highest BCUT2D eigenvalue weighted by Crippen LogP contribution is 2.25. The first-order valence-electron chi connectivity index (χ1n) is 5.62. The smallest absolute Gasteiger partial charge is 0.0991 e. The van der Waals surface area contributed by atoms with Crippen LogP contribution in [0.5, 0.6) is 0 Å². The zero-order chi connectivity index (χ0) is 11.6. The van der Waals surface area contributed by atoms with Gasteiger partial charge in [0.15, 0.2) is 0 Å². The standard InChI is InChI=1S/C13H17N3.ClH/c1-13(2)10-15-7-8-16(13)12-5-3-11(9-14)4-6-12;/h3-6,15H,7-8,10H2,1-2H3;1H. The number of halogens is 1. The summed E-state index contributed by atoms with van der Waals surface area (Å²) in [5.74, 6) is 0. The molecule has 1 N–H and O–H groups in total. The molecule has 1 aromatic rings. The summed E-state index contributed by atoms with van der Waals surface area (Å²) in [6.45, 7) is 7.49. The monoisotopic (exact) mass is 251 g/mol. The number of hydrogen-bond acceptors (Lipinski definition) is 3. The van der Waals surface area contributed by atoms with Crippen LogP contribution in [0.2, 0.25) is 0 Å². The minimum Gasteiger partial charge on any atom is -0.364 e. The summed E-state index contributed by atoms with van der Waals surface area (Å²) in [5.41, 5.74) is 2.05. The third kappa shape index (κ3) is 2.91. The van der Waals surface area contributed by atoms with Crippen molar-refractivity contribution in [2.24, 2.45) is 0 Å². The molecule has 1 saturated heterocycles. The van der Waals surface area contributed by atoms with E-state index < -0.39 is 0 Å². The lowest BCUT2D eigenvalue weighted by Crippen LogP contribution is -2.58. The fourth-order valence-electron chi connectivity index (χ4n) is 2.18. The van der Waals surface area contributed by atoms with Crippen molar-refractivity contribution in [1.82, 2.24) is 5.32 Å². The number of nitrogens with zero attached hydrogens (tertiary/aromatic N) is 2. The highest BCUT2D eigenvalue weighted by atomic mass is 35.5. The van der Waals surface area contributed by atoms with Gasteiger partial charge in [0.25, 0.3) is 0 Å². The van der Waals surface area contributed by atoms with Gasteiger partial charge in [-0.25, -0.2) is 0 Å². The molecule has 92 valence electrons. The second-order valence-corrected chi connectivity index (χ2v) is 4.80. The van der Waals surface area contributed by atoms with Gasteiger partial charge in [-0.2, -0.15) is 5.26 Å². The van der Waals surface area contributed by atoms with Gasteiger partial charge >= 0.3 is 0 Å². The Balaban J connectivity index is 0.00000144. The summed E-state index contributed by atoms with van der Waals surface area (Å²) in [6, 6.07) is 9.98. The van der Waals surface area contributed by atoms with Crippen molar-refractivity contribution in [1.29, 1.82) is 5.26 Å². The first-order valence-corrected chi connectivity index (χ1v) is 5.62. The van der Waals surface area contributed by atoms with E-state index in [4.69, 9.17) is 5.26 Å². The molecule has 2 rings (SSSR count). The molecule has 0 radical (unpaired) electrons. The van der Waals surface area contributed by atoms with Gasteiger partial charge in [-0.1, -0.05) is 0 Å². The molecule has 1 aromatic carbocycles. The van der Waals surface area contributed by atoms with Crippen molar-refractivity contribution >= 4 is 18.1 Å². The maximum Gasteiger partial charge on any atom is 0.0991 e. The van der Waals surface area contributed by atoms with E-state index in [1.807, 2.05) is 24.3 Å². The first-order chi connectivity index (χ1) is 7.63. The zero-order valence-corrected chi connectivity index (χ0v) is 11.0. The van der Waals surface area contributed by atoms with Crippen LogP contribution in [0.4, 0.5) is 5.69 Å². The van der Waals surface area contributed by atoms with E-state index in [-0.39, 0.29) is 17.9 Å². The number of nitrogens with one attached hydrogen (secondary N) is 1. The molecule has 4 heteroatoms. The van der Waals surface area contributed by atoms with Gasteiger partial charge in [-0.15, -0.1) is 12.4 Å². The number of anilines is 1. The zero-order valence-electron chi connectivity index (χ0n) is 10.2. The molecular weight excluding hydrogens is 234 g/mol. The van der Waals surface area contributed by atoms with Gasteiger partial charge in [0, 0.05) is 30.9 Å². The fraction of sp³-hybridized carbons (Fsp3) is 0.462. The molecule has 0 unspecified atom stereocenters. The molecule has 0 atom stereocenters. The molecule has 1 aliphatic heterocycles. The van der Waals surface area contributed by atoms with Crippen LogP contribution in [-0.2, 0) is 0 Å². The van der Waals surface area contributed by atoms with Crippen molar-refractivity contribution in [2.75, 3.05) is 24.5 Å². The average molecular weight is 252 g/mol. The molecule has 0 spiro atoms. The van der Waals surface area contributed by atoms with Gasteiger partial charge in [-0.05, 0) is 38.1 Å². The summed E-state index contributed by atoms with van der Waals surface area (Å²) in [6.07, 6.45) is 0. The Bertz CT molecular complexity index is 406. The Kier molecular flexibility index (Phi) is 4.39. The van der Waals surface area contributed by atoms with Crippen LogP contribution in [0.1, 0.15) is 19.4 Å². The van der Waals surface area contributed by atoms with Crippen molar-refractivity contribution in [3.8, 4) is 6.07 Å². The van der Waals surface area contributed by atoms with Crippen LogP contribution in [0, 0.1) is 11.3 Å². The van der Waals surface area contributed by atoms with Crippen LogP contribution >= 0.6 is 12.4 Å². The number of rotatable bonds is 1. The van der Waals surface area contributed by atoms with E-state index in [2.05, 4.69) is 30.1 Å². The first kappa shape index (κ1) is 13.8. The summed E-state index contributed by atoms with van der Waals surface area (Å²) in [5, 5.41) is 12.2. The van der Waals surface area contributed by atoms with Crippen LogP contribution in [0.15, 0.2) is 24.3 Å². The Labute approximate surface area is 109 Å². The molecule has 17 heavy (non-hydrogen) atoms. The maximum atomic E-state index is 8.77. The van der Waals surface area contributed by atoms with E-state index in [1.54, 1.807) is 0 Å². The van der Waals surface area contributed by atoms with Crippen molar-refractivity contribution in [3.63, 3.8) is 0 Å². The van der Waals surface area contributed by atoms with Gasteiger partial charge in [0.1, 0.15) is 0 Å². The molecular formula is C13H18ClN3. The van der Waals surface area contributed by atoms with Gasteiger partial charge in [0.2, 0.25) is 0 Å². The molecule has 0 saturated carbocycles. The Morgan fingerprint density at radius 3 is 2.47 bits per heavy atom. The number of piperazine rings is 1. The van der Waals surface area contributed by atoms with Crippen LogP contribution in [0.25, 0.3) is 0 Å². The molecule has 3 nitrogen and oxygen atoms in total. The molecule has 1 heterocycles. The van der Waals surface area contributed by atoms with Gasteiger partial charge < -0.3 is 10.2 Å². The van der Waals surface area contributed by atoms with Gasteiger partial charge in [0.05, 0.1) is 11.6 Å². The quantitative estimate of drug-likeness (QED) is 0.832. The normalized spacial score (nSPS) is 18.1. The number of nitriles is 1. The highest BCUT2D eigenvalue weighted by Gasteiger charge is 2.29. The van der Waals surface area contributed by atoms with E-state index in [1.165, 1.54) is 5.69 Å². The van der Waals surface area contributed by atoms with E-state index in [0.29, 0.717) is 0 Å². The summed E-state index contributed by atoms with van der Waals surface area (Å²) < 4.78 is 0. The molecule has 0 amide bonds. The fourth-order valence-corrected chi connectivity index (χ4v) is 2.18. The SMILES string of the molecule is CC1(C)CNCCN1c1ccc(C#N)cc1.Cl. The second kappa shape index (κ2) is 5.39. The van der Waals surface area contributed by atoms with Crippen molar-refractivity contribution in [3.05, 3.63) is 29.8 Å². The topological polar surface area (TPSA) is 39.1 Å². The molecule has 0 aromatic heterocycles. The third-order valence-corrected chi connectivity index (χ3v) is 3.11.